The van der Waals surface area contributed by atoms with Gasteiger partial charge in [-0.05, 0) is 47.5 Å². The van der Waals surface area contributed by atoms with Crippen molar-refractivity contribution < 1.29 is 4.79 Å². The Balaban J connectivity index is 1.68. The molecule has 4 nitrogen and oxygen atoms in total. The number of halogens is 1. The van der Waals surface area contributed by atoms with Gasteiger partial charge in [0.05, 0.1) is 28.3 Å². The highest BCUT2D eigenvalue weighted by molar-refractivity contribution is 9.10. The zero-order chi connectivity index (χ0) is 15.0. The second kappa shape index (κ2) is 6.21. The highest BCUT2D eigenvalue weighted by atomic mass is 79.9. The molecular formula is C16H24BrN3O. The first kappa shape index (κ1) is 15.2. The summed E-state index contributed by atoms with van der Waals surface area (Å²) < 4.78 is 2.86. The molecule has 1 aliphatic carbocycles. The normalized spacial score (nSPS) is 28.6. The van der Waals surface area contributed by atoms with E-state index in [0.29, 0.717) is 24.2 Å². The molecule has 3 atom stereocenters. The number of rotatable bonds is 4. The molecule has 1 aliphatic heterocycles. The Bertz CT molecular complexity index is 526. The van der Waals surface area contributed by atoms with Crippen molar-refractivity contribution in [1.29, 1.82) is 0 Å². The van der Waals surface area contributed by atoms with Crippen molar-refractivity contribution >= 4 is 21.7 Å². The third kappa shape index (κ3) is 2.95. The monoisotopic (exact) mass is 353 g/mol. The van der Waals surface area contributed by atoms with Gasteiger partial charge in [-0.1, -0.05) is 19.8 Å². The number of aryl methyl sites for hydroxylation is 2. The van der Waals surface area contributed by atoms with Crippen LogP contribution >= 0.6 is 15.9 Å². The van der Waals surface area contributed by atoms with E-state index in [0.717, 1.165) is 28.7 Å². The largest absolute Gasteiger partial charge is 0.304 e. The van der Waals surface area contributed by atoms with Crippen molar-refractivity contribution in [2.45, 2.75) is 64.0 Å². The molecule has 1 N–H and O–H groups in total. The molecule has 21 heavy (non-hydrogen) atoms. The Labute approximate surface area is 134 Å². The molecule has 5 heteroatoms. The van der Waals surface area contributed by atoms with Gasteiger partial charge in [-0.25, -0.2) is 0 Å². The maximum atomic E-state index is 12.6. The summed E-state index contributed by atoms with van der Waals surface area (Å²) in [6.07, 6.45) is 7.55. The summed E-state index contributed by atoms with van der Waals surface area (Å²) in [7, 11) is 1.92. The maximum Gasteiger partial charge on any atom is 0.155 e. The van der Waals surface area contributed by atoms with E-state index >= 15 is 0 Å². The standard InChI is InChI=1S/C16H24BrN3O/c1-3-11-16(17)14(20(2)19-11)9-15(21)13-8-10-6-4-5-7-12(10)18-13/h10,12-13,18H,3-9H2,1-2H3. The lowest BCUT2D eigenvalue weighted by molar-refractivity contribution is -0.120. The number of aromatic nitrogens is 2. The van der Waals surface area contributed by atoms with Gasteiger partial charge in [0.2, 0.25) is 0 Å². The number of nitrogens with one attached hydrogen (secondary N) is 1. The highest BCUT2D eigenvalue weighted by Crippen LogP contribution is 2.34. The van der Waals surface area contributed by atoms with Gasteiger partial charge in [0.25, 0.3) is 0 Å². The Kier molecular flexibility index (Phi) is 4.50. The van der Waals surface area contributed by atoms with Crippen LogP contribution in [0.25, 0.3) is 0 Å². The fourth-order valence-corrected chi connectivity index (χ4v) is 4.62. The van der Waals surface area contributed by atoms with E-state index in [2.05, 4.69) is 33.3 Å². The summed E-state index contributed by atoms with van der Waals surface area (Å²) in [5, 5.41) is 8.06. The van der Waals surface area contributed by atoms with Crippen molar-refractivity contribution in [3.05, 3.63) is 15.9 Å². The van der Waals surface area contributed by atoms with E-state index in [-0.39, 0.29) is 6.04 Å². The minimum absolute atomic E-state index is 0.0463. The first-order valence-electron chi connectivity index (χ1n) is 8.09. The Morgan fingerprint density at radius 3 is 2.86 bits per heavy atom. The van der Waals surface area contributed by atoms with Gasteiger partial charge < -0.3 is 5.32 Å². The zero-order valence-electron chi connectivity index (χ0n) is 12.9. The molecule has 1 saturated heterocycles. The van der Waals surface area contributed by atoms with E-state index in [9.17, 15) is 4.79 Å². The Morgan fingerprint density at radius 2 is 2.19 bits per heavy atom. The first-order valence-corrected chi connectivity index (χ1v) is 8.88. The average molecular weight is 354 g/mol. The van der Waals surface area contributed by atoms with Crippen LogP contribution in [0, 0.1) is 5.92 Å². The number of ketones is 1. The van der Waals surface area contributed by atoms with Crippen LogP contribution in [-0.4, -0.2) is 27.6 Å². The van der Waals surface area contributed by atoms with Crippen LogP contribution in [0.1, 0.15) is 50.4 Å². The fraction of sp³-hybridized carbons (Fsp3) is 0.750. The summed E-state index contributed by atoms with van der Waals surface area (Å²) in [5.74, 6) is 1.03. The van der Waals surface area contributed by atoms with Crippen molar-refractivity contribution in [2.75, 3.05) is 0 Å². The van der Waals surface area contributed by atoms with E-state index < -0.39 is 0 Å². The number of nitrogens with zero attached hydrogens (tertiary/aromatic N) is 2. The molecule has 0 aromatic carbocycles. The van der Waals surface area contributed by atoms with E-state index in [1.54, 1.807) is 0 Å². The molecule has 0 amide bonds. The molecule has 3 unspecified atom stereocenters. The predicted molar refractivity (Wildman–Crippen MR) is 86.3 cm³/mol. The lowest BCUT2D eigenvalue weighted by atomic mass is 9.84. The number of fused-ring (bicyclic) bond motifs is 1. The molecule has 2 aliphatic rings. The molecule has 2 heterocycles. The minimum Gasteiger partial charge on any atom is -0.304 e. The van der Waals surface area contributed by atoms with Crippen LogP contribution < -0.4 is 5.32 Å². The topological polar surface area (TPSA) is 46.9 Å². The molecule has 1 aromatic rings. The van der Waals surface area contributed by atoms with Crippen LogP contribution in [-0.2, 0) is 24.7 Å². The molecule has 0 spiro atoms. The average Bonchev–Trinajstić information content (AvgIpc) is 3.03. The molecule has 0 bridgehead atoms. The fourth-order valence-electron chi connectivity index (χ4n) is 3.86. The van der Waals surface area contributed by atoms with Crippen LogP contribution in [0.5, 0.6) is 0 Å². The van der Waals surface area contributed by atoms with E-state index in [1.807, 2.05) is 11.7 Å². The van der Waals surface area contributed by atoms with Crippen molar-refractivity contribution in [2.24, 2.45) is 13.0 Å². The van der Waals surface area contributed by atoms with Crippen LogP contribution in [0.2, 0.25) is 0 Å². The minimum atomic E-state index is 0.0463. The molecule has 3 rings (SSSR count). The molecule has 1 aromatic heterocycles. The first-order chi connectivity index (χ1) is 10.1. The van der Waals surface area contributed by atoms with Crippen LogP contribution in [0.4, 0.5) is 0 Å². The third-order valence-electron chi connectivity index (χ3n) is 5.10. The van der Waals surface area contributed by atoms with E-state index in [1.165, 1.54) is 25.7 Å². The number of hydrogen-bond donors (Lipinski definition) is 1. The Morgan fingerprint density at radius 1 is 1.43 bits per heavy atom. The van der Waals surface area contributed by atoms with Crippen LogP contribution in [0.15, 0.2) is 4.47 Å². The highest BCUT2D eigenvalue weighted by Gasteiger charge is 2.38. The lowest BCUT2D eigenvalue weighted by Gasteiger charge is -2.24. The summed E-state index contributed by atoms with van der Waals surface area (Å²) in [6, 6.07) is 0.624. The Hall–Kier alpha value is -0.680. The molecule has 2 fully saturated rings. The van der Waals surface area contributed by atoms with Gasteiger partial charge in [-0.15, -0.1) is 0 Å². The van der Waals surface area contributed by atoms with Gasteiger partial charge in [-0.2, -0.15) is 5.10 Å². The molecule has 116 valence electrons. The zero-order valence-corrected chi connectivity index (χ0v) is 14.4. The SMILES string of the molecule is CCc1nn(C)c(CC(=O)C2CC3CCCCC3N2)c1Br. The maximum absolute atomic E-state index is 12.6. The number of carbonyl (C=O) groups is 1. The van der Waals surface area contributed by atoms with Gasteiger partial charge in [0.15, 0.2) is 5.78 Å². The molecular weight excluding hydrogens is 330 g/mol. The van der Waals surface area contributed by atoms with Gasteiger partial charge in [0.1, 0.15) is 0 Å². The van der Waals surface area contributed by atoms with Crippen molar-refractivity contribution in [3.8, 4) is 0 Å². The van der Waals surface area contributed by atoms with E-state index in [4.69, 9.17) is 0 Å². The quantitative estimate of drug-likeness (QED) is 0.905. The lowest BCUT2D eigenvalue weighted by Crippen LogP contribution is -2.38. The summed E-state index contributed by atoms with van der Waals surface area (Å²) >= 11 is 3.60. The van der Waals surface area contributed by atoms with Crippen molar-refractivity contribution in [3.63, 3.8) is 0 Å². The molecule has 0 radical (unpaired) electrons. The van der Waals surface area contributed by atoms with Gasteiger partial charge >= 0.3 is 0 Å². The number of carbonyl (C=O) groups excluding carboxylic acids is 1. The number of hydrogen-bond acceptors (Lipinski definition) is 3. The smallest absolute Gasteiger partial charge is 0.155 e. The number of Topliss-reactive ketones (excluding diaryl/α,β-unsaturated/α-hetero) is 1. The summed E-state index contributed by atoms with van der Waals surface area (Å²) in [6.45, 7) is 2.09. The van der Waals surface area contributed by atoms with Gasteiger partial charge in [-0.3, -0.25) is 9.48 Å². The second-order valence-corrected chi connectivity index (χ2v) is 7.23. The second-order valence-electron chi connectivity index (χ2n) is 6.43. The van der Waals surface area contributed by atoms with Crippen LogP contribution in [0.3, 0.4) is 0 Å². The summed E-state index contributed by atoms with van der Waals surface area (Å²) in [4.78, 5) is 12.6. The third-order valence-corrected chi connectivity index (χ3v) is 6.01. The molecule has 1 saturated carbocycles. The predicted octanol–water partition coefficient (Wildman–Crippen LogP) is 2.78. The van der Waals surface area contributed by atoms with Crippen molar-refractivity contribution in [1.82, 2.24) is 15.1 Å². The summed E-state index contributed by atoms with van der Waals surface area (Å²) in [5.41, 5.74) is 2.04. The van der Waals surface area contributed by atoms with Gasteiger partial charge in [0, 0.05) is 13.1 Å².